The molecule has 0 bridgehead atoms. The molecule has 1 saturated heterocycles. The van der Waals surface area contributed by atoms with Crippen molar-refractivity contribution in [3.8, 4) is 0 Å². The summed E-state index contributed by atoms with van der Waals surface area (Å²) >= 11 is 0. The van der Waals surface area contributed by atoms with Gasteiger partial charge >= 0.3 is 0 Å². The summed E-state index contributed by atoms with van der Waals surface area (Å²) in [6.07, 6.45) is 5.86. The minimum atomic E-state index is -1.51. The SMILES string of the molecule is C=CC[C@@]1(O)C(OCCCC)[C@@H](COCCCC)O[C@H]1N(/C=C\C(C)=O)C(C)=O. The fourth-order valence-corrected chi connectivity index (χ4v) is 3.28. The molecule has 166 valence electrons. The van der Waals surface area contributed by atoms with Crippen LogP contribution in [0.3, 0.4) is 0 Å². The quantitative estimate of drug-likeness (QED) is 0.269. The Kier molecular flexibility index (Phi) is 11.3. The fourth-order valence-electron chi connectivity index (χ4n) is 3.28. The van der Waals surface area contributed by atoms with Crippen LogP contribution in [0.4, 0.5) is 0 Å². The van der Waals surface area contributed by atoms with Gasteiger partial charge in [-0.2, -0.15) is 0 Å². The Labute approximate surface area is 174 Å². The number of ether oxygens (including phenoxy) is 3. The van der Waals surface area contributed by atoms with Crippen LogP contribution in [0.2, 0.25) is 0 Å². The van der Waals surface area contributed by atoms with E-state index in [0.717, 1.165) is 25.7 Å². The van der Waals surface area contributed by atoms with Crippen LogP contribution in [-0.4, -0.2) is 65.6 Å². The lowest BCUT2D eigenvalue weighted by Crippen LogP contribution is -2.55. The molecule has 0 spiro atoms. The summed E-state index contributed by atoms with van der Waals surface area (Å²) in [7, 11) is 0. The van der Waals surface area contributed by atoms with E-state index in [1.165, 1.54) is 31.0 Å². The number of allylic oxidation sites excluding steroid dienone is 1. The molecule has 1 amide bonds. The normalized spacial score (nSPS) is 26.7. The van der Waals surface area contributed by atoms with Gasteiger partial charge in [-0.25, -0.2) is 0 Å². The zero-order chi connectivity index (χ0) is 21.9. The standard InChI is InChI=1S/C22H37NO6/c1-6-9-14-27-16-19-20(28-15-10-7-2)22(26,12-8-3)21(29-19)23(18(5)25)13-11-17(4)24/h8,11,13,19-21,26H,3,6-7,9-10,12,14-16H2,1-2,4-5H3/b13-11-/t19-,20?,21-,22-/m1/s1. The molecule has 0 aliphatic carbocycles. The second-order valence-electron chi connectivity index (χ2n) is 7.44. The molecule has 1 aliphatic heterocycles. The predicted molar refractivity (Wildman–Crippen MR) is 111 cm³/mol. The number of nitrogens with zero attached hydrogens (tertiary/aromatic N) is 1. The minimum Gasteiger partial charge on any atom is -0.382 e. The highest BCUT2D eigenvalue weighted by atomic mass is 16.6. The number of hydrogen-bond donors (Lipinski definition) is 1. The molecule has 1 fully saturated rings. The number of unbranched alkanes of at least 4 members (excludes halogenated alkanes) is 2. The van der Waals surface area contributed by atoms with Crippen molar-refractivity contribution in [2.45, 2.75) is 83.8 Å². The van der Waals surface area contributed by atoms with Gasteiger partial charge in [0, 0.05) is 32.8 Å². The first-order chi connectivity index (χ1) is 13.8. The highest BCUT2D eigenvalue weighted by Crippen LogP contribution is 2.39. The third kappa shape index (κ3) is 7.33. The first-order valence-electron chi connectivity index (χ1n) is 10.5. The second-order valence-corrected chi connectivity index (χ2v) is 7.44. The highest BCUT2D eigenvalue weighted by molar-refractivity contribution is 5.88. The average molecular weight is 412 g/mol. The first-order valence-corrected chi connectivity index (χ1v) is 10.5. The maximum absolute atomic E-state index is 12.3. The molecule has 1 aliphatic rings. The molecule has 0 aromatic heterocycles. The predicted octanol–water partition coefficient (Wildman–Crippen LogP) is 2.97. The zero-order valence-corrected chi connectivity index (χ0v) is 18.3. The van der Waals surface area contributed by atoms with Crippen molar-refractivity contribution in [1.82, 2.24) is 4.90 Å². The Bertz CT molecular complexity index is 564. The number of rotatable bonds is 14. The topological polar surface area (TPSA) is 85.3 Å². The van der Waals surface area contributed by atoms with Crippen LogP contribution in [0.1, 0.15) is 59.8 Å². The Morgan fingerprint density at radius 1 is 1.21 bits per heavy atom. The van der Waals surface area contributed by atoms with E-state index in [1.54, 1.807) is 6.08 Å². The van der Waals surface area contributed by atoms with Gasteiger partial charge in [0.2, 0.25) is 5.91 Å². The van der Waals surface area contributed by atoms with Crippen molar-refractivity contribution in [3.63, 3.8) is 0 Å². The maximum Gasteiger partial charge on any atom is 0.225 e. The van der Waals surface area contributed by atoms with Crippen LogP contribution >= 0.6 is 0 Å². The molecule has 0 aromatic carbocycles. The van der Waals surface area contributed by atoms with E-state index in [1.807, 2.05) is 0 Å². The Balaban J connectivity index is 3.17. The van der Waals surface area contributed by atoms with Gasteiger partial charge in [0.25, 0.3) is 0 Å². The van der Waals surface area contributed by atoms with E-state index >= 15 is 0 Å². The third-order valence-corrected chi connectivity index (χ3v) is 4.84. The van der Waals surface area contributed by atoms with Crippen molar-refractivity contribution >= 4 is 11.7 Å². The summed E-state index contributed by atoms with van der Waals surface area (Å²) in [5.41, 5.74) is -1.51. The summed E-state index contributed by atoms with van der Waals surface area (Å²) < 4.78 is 17.9. The molecule has 7 nitrogen and oxygen atoms in total. The van der Waals surface area contributed by atoms with E-state index in [4.69, 9.17) is 14.2 Å². The Morgan fingerprint density at radius 2 is 1.86 bits per heavy atom. The van der Waals surface area contributed by atoms with Crippen molar-refractivity contribution < 1.29 is 28.9 Å². The van der Waals surface area contributed by atoms with Crippen molar-refractivity contribution in [1.29, 1.82) is 0 Å². The van der Waals surface area contributed by atoms with Gasteiger partial charge < -0.3 is 19.3 Å². The Hall–Kier alpha value is -1.54. The first kappa shape index (κ1) is 25.5. The monoisotopic (exact) mass is 411 g/mol. The second kappa shape index (κ2) is 12.9. The number of carbonyl (C=O) groups excluding carboxylic acids is 2. The van der Waals surface area contributed by atoms with Crippen LogP contribution in [0.15, 0.2) is 24.9 Å². The van der Waals surface area contributed by atoms with Gasteiger partial charge in [-0.3, -0.25) is 14.5 Å². The number of amides is 1. The summed E-state index contributed by atoms with van der Waals surface area (Å²) in [6, 6.07) is 0. The molecule has 4 atom stereocenters. The van der Waals surface area contributed by atoms with Crippen LogP contribution in [0, 0.1) is 0 Å². The summed E-state index contributed by atoms with van der Waals surface area (Å²) in [5, 5.41) is 11.6. The lowest BCUT2D eigenvalue weighted by atomic mass is 9.89. The summed E-state index contributed by atoms with van der Waals surface area (Å²) in [6.45, 7) is 11.9. The highest BCUT2D eigenvalue weighted by Gasteiger charge is 2.58. The van der Waals surface area contributed by atoms with Gasteiger partial charge in [-0.1, -0.05) is 32.8 Å². The van der Waals surface area contributed by atoms with Gasteiger partial charge in [-0.15, -0.1) is 6.58 Å². The van der Waals surface area contributed by atoms with Crippen molar-refractivity contribution in [3.05, 3.63) is 24.9 Å². The van der Waals surface area contributed by atoms with Crippen LogP contribution in [0.25, 0.3) is 0 Å². The van der Waals surface area contributed by atoms with Gasteiger partial charge in [0.1, 0.15) is 17.8 Å². The largest absolute Gasteiger partial charge is 0.382 e. The van der Waals surface area contributed by atoms with Gasteiger partial charge in [0.05, 0.1) is 6.61 Å². The lowest BCUT2D eigenvalue weighted by molar-refractivity contribution is -0.159. The number of ketones is 1. The Morgan fingerprint density at radius 3 is 2.41 bits per heavy atom. The van der Waals surface area contributed by atoms with E-state index in [-0.39, 0.29) is 24.7 Å². The summed E-state index contributed by atoms with van der Waals surface area (Å²) in [4.78, 5) is 24.9. The van der Waals surface area contributed by atoms with Gasteiger partial charge in [-0.05, 0) is 25.8 Å². The minimum absolute atomic E-state index is 0.164. The van der Waals surface area contributed by atoms with Crippen LogP contribution < -0.4 is 0 Å². The molecule has 7 heteroatoms. The van der Waals surface area contributed by atoms with Crippen molar-refractivity contribution in [2.75, 3.05) is 19.8 Å². The summed E-state index contributed by atoms with van der Waals surface area (Å²) in [5.74, 6) is -0.563. The van der Waals surface area contributed by atoms with Crippen molar-refractivity contribution in [2.24, 2.45) is 0 Å². The van der Waals surface area contributed by atoms with E-state index in [0.29, 0.717) is 13.2 Å². The molecule has 29 heavy (non-hydrogen) atoms. The average Bonchev–Trinajstić information content (AvgIpc) is 2.91. The molecule has 1 rings (SSSR count). The molecule has 0 aromatic rings. The van der Waals surface area contributed by atoms with Crippen LogP contribution in [-0.2, 0) is 23.8 Å². The molecule has 1 N–H and O–H groups in total. The van der Waals surface area contributed by atoms with E-state index in [2.05, 4.69) is 20.4 Å². The van der Waals surface area contributed by atoms with Crippen LogP contribution in [0.5, 0.6) is 0 Å². The smallest absolute Gasteiger partial charge is 0.225 e. The molecular weight excluding hydrogens is 374 g/mol. The third-order valence-electron chi connectivity index (χ3n) is 4.84. The molecule has 0 radical (unpaired) electrons. The maximum atomic E-state index is 12.3. The molecule has 1 heterocycles. The van der Waals surface area contributed by atoms with E-state index in [9.17, 15) is 14.7 Å². The zero-order valence-electron chi connectivity index (χ0n) is 18.3. The number of carbonyl (C=O) groups is 2. The fraction of sp³-hybridized carbons (Fsp3) is 0.727. The molecular formula is C22H37NO6. The van der Waals surface area contributed by atoms with E-state index < -0.39 is 24.0 Å². The molecule has 1 unspecified atom stereocenters. The molecule has 0 saturated carbocycles. The lowest BCUT2D eigenvalue weighted by Gasteiger charge is -2.36. The number of hydrogen-bond acceptors (Lipinski definition) is 6. The van der Waals surface area contributed by atoms with Gasteiger partial charge in [0.15, 0.2) is 12.0 Å². The number of aliphatic hydroxyl groups is 1.